The fraction of sp³-hybridized carbons (Fsp3) is 0.364. The monoisotopic (exact) mass is 206 g/mol. The van der Waals surface area contributed by atoms with Crippen LogP contribution in [-0.4, -0.2) is 20.3 Å². The van der Waals surface area contributed by atoms with E-state index in [9.17, 15) is 0 Å². The minimum absolute atomic E-state index is 0.478. The van der Waals surface area contributed by atoms with Crippen LogP contribution < -0.4 is 15.2 Å². The number of hydrogen-bond donors (Lipinski definition) is 1. The molecule has 80 valence electrons. The van der Waals surface area contributed by atoms with Crippen LogP contribution in [0.4, 0.5) is 0 Å². The molecule has 1 rings (SSSR count). The number of methoxy groups -OCH3 is 1. The van der Waals surface area contributed by atoms with Gasteiger partial charge in [-0.3, -0.25) is 0 Å². The Morgan fingerprint density at radius 3 is 2.87 bits per heavy atom. The van der Waals surface area contributed by atoms with Gasteiger partial charge in [-0.1, -0.05) is 6.07 Å². The molecule has 0 radical (unpaired) electrons. The molecule has 1 aromatic carbocycles. The van der Waals surface area contributed by atoms with Gasteiger partial charge in [0.25, 0.3) is 0 Å². The molecule has 0 unspecified atom stereocenters. The number of benzene rings is 1. The number of nitrogens with two attached hydrogens (primary N) is 1. The van der Waals surface area contributed by atoms with Gasteiger partial charge in [0.05, 0.1) is 19.3 Å². The van der Waals surface area contributed by atoms with Crippen LogP contribution in [0, 0.1) is 11.3 Å². The molecule has 0 fully saturated rings. The molecule has 0 spiro atoms. The maximum Gasteiger partial charge on any atom is 0.178 e. The van der Waals surface area contributed by atoms with Crippen LogP contribution >= 0.6 is 0 Å². The zero-order valence-electron chi connectivity index (χ0n) is 8.69. The highest BCUT2D eigenvalue weighted by Crippen LogP contribution is 2.30. The number of hydrogen-bond acceptors (Lipinski definition) is 4. The van der Waals surface area contributed by atoms with E-state index in [4.69, 9.17) is 20.5 Å². The molecule has 0 saturated heterocycles. The van der Waals surface area contributed by atoms with Gasteiger partial charge in [-0.25, -0.2) is 0 Å². The summed E-state index contributed by atoms with van der Waals surface area (Å²) in [6.45, 7) is 1.06. The number of para-hydroxylation sites is 1. The number of nitriles is 1. The average Bonchev–Trinajstić information content (AvgIpc) is 2.29. The fourth-order valence-corrected chi connectivity index (χ4v) is 1.17. The predicted molar refractivity (Wildman–Crippen MR) is 56.9 cm³/mol. The first kappa shape index (κ1) is 11.3. The predicted octanol–water partition coefficient (Wildman–Crippen LogP) is 1.29. The van der Waals surface area contributed by atoms with Gasteiger partial charge in [0.2, 0.25) is 0 Å². The Morgan fingerprint density at radius 1 is 1.47 bits per heavy atom. The molecule has 4 nitrogen and oxygen atoms in total. The summed E-state index contributed by atoms with van der Waals surface area (Å²) in [6.07, 6.45) is 0.753. The molecule has 0 aromatic heterocycles. The number of rotatable bonds is 5. The highest BCUT2D eigenvalue weighted by Gasteiger charge is 2.09. The normalized spacial score (nSPS) is 9.40. The van der Waals surface area contributed by atoms with Crippen molar-refractivity contribution in [2.24, 2.45) is 5.73 Å². The highest BCUT2D eigenvalue weighted by molar-refractivity contribution is 5.52. The molecule has 4 heteroatoms. The van der Waals surface area contributed by atoms with Crippen LogP contribution in [0.25, 0.3) is 0 Å². The van der Waals surface area contributed by atoms with Gasteiger partial charge in [0.15, 0.2) is 11.5 Å². The summed E-state index contributed by atoms with van der Waals surface area (Å²) in [5, 5.41) is 8.88. The smallest absolute Gasteiger partial charge is 0.178 e. The third-order valence-electron chi connectivity index (χ3n) is 1.91. The van der Waals surface area contributed by atoms with Crippen molar-refractivity contribution in [2.75, 3.05) is 20.3 Å². The molecule has 0 aliphatic carbocycles. The van der Waals surface area contributed by atoms with E-state index in [2.05, 4.69) is 6.07 Å². The zero-order chi connectivity index (χ0) is 11.1. The first-order valence-corrected chi connectivity index (χ1v) is 4.73. The molecule has 15 heavy (non-hydrogen) atoms. The molecule has 0 atom stereocenters. The van der Waals surface area contributed by atoms with Gasteiger partial charge in [-0.2, -0.15) is 5.26 Å². The van der Waals surface area contributed by atoms with Crippen LogP contribution in [0.1, 0.15) is 12.0 Å². The van der Waals surface area contributed by atoms with Gasteiger partial charge >= 0.3 is 0 Å². The minimum Gasteiger partial charge on any atom is -0.493 e. The quantitative estimate of drug-likeness (QED) is 0.737. The summed E-state index contributed by atoms with van der Waals surface area (Å²) in [7, 11) is 1.55. The lowest BCUT2D eigenvalue weighted by Crippen LogP contribution is -2.07. The molecule has 0 aliphatic heterocycles. The highest BCUT2D eigenvalue weighted by atomic mass is 16.5. The Hall–Kier alpha value is -1.73. The van der Waals surface area contributed by atoms with Gasteiger partial charge in [-0.05, 0) is 25.1 Å². The van der Waals surface area contributed by atoms with Crippen LogP contribution in [0.2, 0.25) is 0 Å². The molecule has 0 aliphatic rings. The van der Waals surface area contributed by atoms with Crippen molar-refractivity contribution >= 4 is 0 Å². The second-order valence-corrected chi connectivity index (χ2v) is 2.94. The van der Waals surface area contributed by atoms with Crippen LogP contribution in [0.15, 0.2) is 18.2 Å². The lowest BCUT2D eigenvalue weighted by atomic mass is 10.2. The van der Waals surface area contributed by atoms with Crippen molar-refractivity contribution in [3.8, 4) is 17.6 Å². The Kier molecular flexibility index (Phi) is 4.45. The van der Waals surface area contributed by atoms with E-state index in [1.807, 2.05) is 0 Å². The molecular formula is C11H14N2O2. The van der Waals surface area contributed by atoms with Gasteiger partial charge in [0.1, 0.15) is 6.07 Å². The molecule has 0 amide bonds. The molecular weight excluding hydrogens is 192 g/mol. The summed E-state index contributed by atoms with van der Waals surface area (Å²) >= 11 is 0. The SMILES string of the molecule is COc1cccc(C#N)c1OCCCN. The standard InChI is InChI=1S/C11H14N2O2/c1-14-10-5-2-4-9(8-13)11(10)15-7-3-6-12/h2,4-5H,3,6-7,12H2,1H3. The van der Waals surface area contributed by atoms with Gasteiger partial charge in [-0.15, -0.1) is 0 Å². The fourth-order valence-electron chi connectivity index (χ4n) is 1.17. The van der Waals surface area contributed by atoms with E-state index in [1.165, 1.54) is 0 Å². The van der Waals surface area contributed by atoms with Gasteiger partial charge < -0.3 is 15.2 Å². The summed E-state index contributed by atoms with van der Waals surface area (Å²) < 4.78 is 10.6. The second kappa shape index (κ2) is 5.89. The third-order valence-corrected chi connectivity index (χ3v) is 1.91. The summed E-state index contributed by atoms with van der Waals surface area (Å²) in [4.78, 5) is 0. The summed E-state index contributed by atoms with van der Waals surface area (Å²) in [5.41, 5.74) is 5.84. The van der Waals surface area contributed by atoms with E-state index >= 15 is 0 Å². The van der Waals surface area contributed by atoms with E-state index < -0.39 is 0 Å². The van der Waals surface area contributed by atoms with Crippen LogP contribution in [0.5, 0.6) is 11.5 Å². The van der Waals surface area contributed by atoms with Gasteiger partial charge in [0, 0.05) is 0 Å². The summed E-state index contributed by atoms with van der Waals surface area (Å²) in [5.74, 6) is 1.07. The topological polar surface area (TPSA) is 68.3 Å². The lowest BCUT2D eigenvalue weighted by molar-refractivity contribution is 0.290. The second-order valence-electron chi connectivity index (χ2n) is 2.94. The van der Waals surface area contributed by atoms with Crippen molar-refractivity contribution in [1.29, 1.82) is 5.26 Å². The van der Waals surface area contributed by atoms with Crippen LogP contribution in [0.3, 0.4) is 0 Å². The van der Waals surface area contributed by atoms with E-state index in [1.54, 1.807) is 25.3 Å². The first-order chi connectivity index (χ1) is 7.33. The Labute approximate surface area is 89.2 Å². The molecule has 0 heterocycles. The third kappa shape index (κ3) is 2.86. The van der Waals surface area contributed by atoms with Crippen molar-refractivity contribution in [1.82, 2.24) is 0 Å². The Balaban J connectivity index is 2.86. The Morgan fingerprint density at radius 2 is 2.27 bits per heavy atom. The lowest BCUT2D eigenvalue weighted by Gasteiger charge is -2.11. The maximum absolute atomic E-state index is 8.88. The molecule has 2 N–H and O–H groups in total. The number of ether oxygens (including phenoxy) is 2. The maximum atomic E-state index is 8.88. The van der Waals surface area contributed by atoms with Crippen molar-refractivity contribution < 1.29 is 9.47 Å². The van der Waals surface area contributed by atoms with E-state index in [-0.39, 0.29) is 0 Å². The van der Waals surface area contributed by atoms with E-state index in [0.717, 1.165) is 6.42 Å². The van der Waals surface area contributed by atoms with Crippen molar-refractivity contribution in [2.45, 2.75) is 6.42 Å². The van der Waals surface area contributed by atoms with Crippen LogP contribution in [-0.2, 0) is 0 Å². The molecule has 0 saturated carbocycles. The Bertz CT molecular complexity index is 358. The molecule has 0 bridgehead atoms. The zero-order valence-corrected chi connectivity index (χ0v) is 8.69. The van der Waals surface area contributed by atoms with Crippen molar-refractivity contribution in [3.63, 3.8) is 0 Å². The van der Waals surface area contributed by atoms with Crippen molar-refractivity contribution in [3.05, 3.63) is 23.8 Å². The first-order valence-electron chi connectivity index (χ1n) is 4.73. The summed E-state index contributed by atoms with van der Waals surface area (Å²) in [6, 6.07) is 7.28. The van der Waals surface area contributed by atoms with E-state index in [0.29, 0.717) is 30.2 Å². The molecule has 1 aromatic rings. The average molecular weight is 206 g/mol. The number of nitrogens with zero attached hydrogens (tertiary/aromatic N) is 1. The largest absolute Gasteiger partial charge is 0.493 e. The minimum atomic E-state index is 0.478.